The molecule has 0 aliphatic rings. The summed E-state index contributed by atoms with van der Waals surface area (Å²) in [4.78, 5) is 14.2. The molecule has 0 spiro atoms. The van der Waals surface area contributed by atoms with Crippen molar-refractivity contribution in [3.8, 4) is 0 Å². The van der Waals surface area contributed by atoms with Crippen molar-refractivity contribution >= 4 is 5.91 Å². The second kappa shape index (κ2) is 10.2. The molecule has 1 amide bonds. The molecule has 1 atom stereocenters. The Morgan fingerprint density at radius 3 is 2.30 bits per heavy atom. The van der Waals surface area contributed by atoms with Crippen LogP contribution in [-0.2, 0) is 4.79 Å². The van der Waals surface area contributed by atoms with Gasteiger partial charge in [0, 0.05) is 11.6 Å². The molecule has 2 N–H and O–H groups in total. The number of nitrogens with one attached hydrogen (secondary N) is 2. The number of hydrogen-bond donors (Lipinski definition) is 2. The van der Waals surface area contributed by atoms with Gasteiger partial charge in [-0.1, -0.05) is 20.8 Å². The van der Waals surface area contributed by atoms with Gasteiger partial charge in [-0.2, -0.15) is 0 Å². The molecule has 0 fully saturated rings. The summed E-state index contributed by atoms with van der Waals surface area (Å²) in [5.74, 6) is 0.0902. The standard InChI is InChI=1S/C16H35N3O/c1-7-16(5,6)18-15(20)13-17-14(4)11-10-12-19(8-2)9-3/h14,17H,7-13H2,1-6H3,(H,18,20). The van der Waals surface area contributed by atoms with Gasteiger partial charge >= 0.3 is 0 Å². The molecule has 20 heavy (non-hydrogen) atoms. The topological polar surface area (TPSA) is 44.4 Å². The minimum absolute atomic E-state index is 0.0902. The normalized spacial score (nSPS) is 13.6. The molecule has 0 rings (SSSR count). The van der Waals surface area contributed by atoms with E-state index >= 15 is 0 Å². The molecule has 0 aromatic heterocycles. The van der Waals surface area contributed by atoms with E-state index in [0.29, 0.717) is 12.6 Å². The Morgan fingerprint density at radius 1 is 1.20 bits per heavy atom. The van der Waals surface area contributed by atoms with E-state index in [4.69, 9.17) is 0 Å². The van der Waals surface area contributed by atoms with Gasteiger partial charge in [0.15, 0.2) is 0 Å². The second-order valence-corrected chi connectivity index (χ2v) is 6.24. The molecule has 0 saturated heterocycles. The Morgan fingerprint density at radius 2 is 1.80 bits per heavy atom. The van der Waals surface area contributed by atoms with Gasteiger partial charge in [0.05, 0.1) is 6.54 Å². The van der Waals surface area contributed by atoms with Crippen LogP contribution in [0.1, 0.15) is 60.8 Å². The average molecular weight is 285 g/mol. The third kappa shape index (κ3) is 9.32. The fourth-order valence-corrected chi connectivity index (χ4v) is 2.04. The van der Waals surface area contributed by atoms with Gasteiger partial charge < -0.3 is 15.5 Å². The fraction of sp³-hybridized carbons (Fsp3) is 0.938. The Balaban J connectivity index is 3.77. The quantitative estimate of drug-likeness (QED) is 0.613. The van der Waals surface area contributed by atoms with Gasteiger partial charge in [-0.05, 0) is 59.7 Å². The summed E-state index contributed by atoms with van der Waals surface area (Å²) in [6.45, 7) is 16.5. The molecule has 4 nitrogen and oxygen atoms in total. The second-order valence-electron chi connectivity index (χ2n) is 6.24. The minimum atomic E-state index is -0.106. The van der Waals surface area contributed by atoms with Crippen molar-refractivity contribution in [2.24, 2.45) is 0 Å². The zero-order chi connectivity index (χ0) is 15.6. The van der Waals surface area contributed by atoms with Crippen molar-refractivity contribution in [1.29, 1.82) is 0 Å². The van der Waals surface area contributed by atoms with Gasteiger partial charge in [-0.3, -0.25) is 4.79 Å². The highest BCUT2D eigenvalue weighted by Gasteiger charge is 2.17. The van der Waals surface area contributed by atoms with Crippen molar-refractivity contribution < 1.29 is 4.79 Å². The lowest BCUT2D eigenvalue weighted by Crippen LogP contribution is -2.47. The third-order valence-corrected chi connectivity index (χ3v) is 3.98. The first-order valence-corrected chi connectivity index (χ1v) is 8.11. The Bertz CT molecular complexity index is 262. The van der Waals surface area contributed by atoms with E-state index in [-0.39, 0.29) is 11.4 Å². The fourth-order valence-electron chi connectivity index (χ4n) is 2.04. The van der Waals surface area contributed by atoms with E-state index in [2.05, 4.69) is 57.1 Å². The summed E-state index contributed by atoms with van der Waals surface area (Å²) in [6, 6.07) is 0.390. The van der Waals surface area contributed by atoms with Crippen LogP contribution in [0.5, 0.6) is 0 Å². The predicted molar refractivity (Wildman–Crippen MR) is 87.0 cm³/mol. The summed E-state index contributed by atoms with van der Waals surface area (Å²) in [6.07, 6.45) is 3.23. The van der Waals surface area contributed by atoms with Crippen molar-refractivity contribution in [2.45, 2.75) is 72.4 Å². The zero-order valence-corrected chi connectivity index (χ0v) is 14.4. The van der Waals surface area contributed by atoms with Crippen LogP contribution >= 0.6 is 0 Å². The van der Waals surface area contributed by atoms with Crippen LogP contribution in [-0.4, -0.2) is 48.6 Å². The van der Waals surface area contributed by atoms with Crippen LogP contribution in [0.15, 0.2) is 0 Å². The van der Waals surface area contributed by atoms with Crippen LogP contribution in [0, 0.1) is 0 Å². The third-order valence-electron chi connectivity index (χ3n) is 3.98. The van der Waals surface area contributed by atoms with Crippen molar-refractivity contribution in [2.75, 3.05) is 26.2 Å². The van der Waals surface area contributed by atoms with E-state index in [9.17, 15) is 4.79 Å². The van der Waals surface area contributed by atoms with E-state index in [1.54, 1.807) is 0 Å². The van der Waals surface area contributed by atoms with Gasteiger partial charge in [0.1, 0.15) is 0 Å². The highest BCUT2D eigenvalue weighted by Crippen LogP contribution is 2.06. The highest BCUT2D eigenvalue weighted by atomic mass is 16.2. The Hall–Kier alpha value is -0.610. The number of rotatable bonds is 11. The summed E-state index contributed by atoms with van der Waals surface area (Å²) < 4.78 is 0. The van der Waals surface area contributed by atoms with E-state index in [1.165, 1.54) is 6.42 Å². The molecule has 0 radical (unpaired) electrons. The number of carbonyl (C=O) groups is 1. The first-order valence-electron chi connectivity index (χ1n) is 8.11. The van der Waals surface area contributed by atoms with E-state index < -0.39 is 0 Å². The van der Waals surface area contributed by atoms with Crippen LogP contribution in [0.2, 0.25) is 0 Å². The molecule has 0 aromatic carbocycles. The first kappa shape index (κ1) is 19.4. The Labute approximate surface area is 125 Å². The van der Waals surface area contributed by atoms with Crippen LogP contribution < -0.4 is 10.6 Å². The Kier molecular flexibility index (Phi) is 9.86. The van der Waals surface area contributed by atoms with Crippen molar-refractivity contribution in [3.05, 3.63) is 0 Å². The average Bonchev–Trinajstić information content (AvgIpc) is 2.41. The number of carbonyl (C=O) groups excluding carboxylic acids is 1. The molecule has 4 heteroatoms. The molecule has 0 saturated carbocycles. The summed E-state index contributed by atoms with van der Waals surface area (Å²) in [5.41, 5.74) is -0.106. The van der Waals surface area contributed by atoms with Gasteiger partial charge in [-0.25, -0.2) is 0 Å². The zero-order valence-electron chi connectivity index (χ0n) is 14.4. The van der Waals surface area contributed by atoms with Crippen molar-refractivity contribution in [1.82, 2.24) is 15.5 Å². The molecule has 0 aliphatic heterocycles. The molecule has 120 valence electrons. The molecule has 1 unspecified atom stereocenters. The lowest BCUT2D eigenvalue weighted by molar-refractivity contribution is -0.122. The molecule has 0 aliphatic carbocycles. The monoisotopic (exact) mass is 285 g/mol. The highest BCUT2D eigenvalue weighted by molar-refractivity contribution is 5.78. The van der Waals surface area contributed by atoms with Gasteiger partial charge in [0.2, 0.25) is 5.91 Å². The van der Waals surface area contributed by atoms with Crippen molar-refractivity contribution in [3.63, 3.8) is 0 Å². The lowest BCUT2D eigenvalue weighted by Gasteiger charge is -2.25. The number of hydrogen-bond acceptors (Lipinski definition) is 3. The van der Waals surface area contributed by atoms with Gasteiger partial charge in [0.25, 0.3) is 0 Å². The molecule has 0 heterocycles. The summed E-state index contributed by atoms with van der Waals surface area (Å²) >= 11 is 0. The SMILES string of the molecule is CCN(CC)CCCC(C)NCC(=O)NC(C)(C)CC. The number of amides is 1. The van der Waals surface area contributed by atoms with Crippen LogP contribution in [0.4, 0.5) is 0 Å². The molecule has 0 bridgehead atoms. The predicted octanol–water partition coefficient (Wildman–Crippen LogP) is 2.39. The van der Waals surface area contributed by atoms with E-state index in [1.807, 2.05) is 0 Å². The van der Waals surface area contributed by atoms with Crippen LogP contribution in [0.25, 0.3) is 0 Å². The lowest BCUT2D eigenvalue weighted by atomic mass is 10.0. The maximum absolute atomic E-state index is 11.8. The largest absolute Gasteiger partial charge is 0.350 e. The smallest absolute Gasteiger partial charge is 0.234 e. The first-order chi connectivity index (χ1) is 9.34. The van der Waals surface area contributed by atoms with E-state index in [0.717, 1.165) is 32.5 Å². The maximum atomic E-state index is 11.8. The minimum Gasteiger partial charge on any atom is -0.350 e. The summed E-state index contributed by atoms with van der Waals surface area (Å²) in [5, 5.41) is 6.35. The molecular formula is C16H35N3O. The number of nitrogens with zero attached hydrogens (tertiary/aromatic N) is 1. The van der Waals surface area contributed by atoms with Gasteiger partial charge in [-0.15, -0.1) is 0 Å². The molecule has 0 aromatic rings. The maximum Gasteiger partial charge on any atom is 0.234 e. The van der Waals surface area contributed by atoms with Crippen LogP contribution in [0.3, 0.4) is 0 Å². The molecular weight excluding hydrogens is 250 g/mol. The summed E-state index contributed by atoms with van der Waals surface area (Å²) in [7, 11) is 0.